The van der Waals surface area contributed by atoms with E-state index in [1.165, 1.54) is 35.5 Å². The van der Waals surface area contributed by atoms with E-state index < -0.39 is 21.9 Å². The molecule has 0 saturated carbocycles. The van der Waals surface area contributed by atoms with Crippen molar-refractivity contribution in [1.29, 1.82) is 0 Å². The Kier molecular flexibility index (Phi) is 6.13. The maximum Gasteiger partial charge on any atom is 0.416 e. The minimum absolute atomic E-state index is 0.154. The lowest BCUT2D eigenvalue weighted by Crippen LogP contribution is -2.25. The Morgan fingerprint density at radius 1 is 1.06 bits per heavy atom. The van der Waals surface area contributed by atoms with E-state index in [0.29, 0.717) is 33.0 Å². The highest BCUT2D eigenvalue weighted by Crippen LogP contribution is 2.33. The summed E-state index contributed by atoms with van der Waals surface area (Å²) in [5.74, 6) is 0.385. The third-order valence-corrected chi connectivity index (χ3v) is 6.20. The van der Waals surface area contributed by atoms with Gasteiger partial charge < -0.3 is 4.84 Å². The number of benzene rings is 3. The molecule has 0 saturated heterocycles. The first-order chi connectivity index (χ1) is 15.5. The first-order valence-electron chi connectivity index (χ1n) is 9.67. The highest BCUT2D eigenvalue weighted by molar-refractivity contribution is 7.85. The Labute approximate surface area is 193 Å². The minimum Gasteiger partial charge on any atom is -0.380 e. The summed E-state index contributed by atoms with van der Waals surface area (Å²) in [4.78, 5) is 5.75. The largest absolute Gasteiger partial charge is 0.416 e. The van der Waals surface area contributed by atoms with Gasteiger partial charge in [-0.15, -0.1) is 0 Å². The molecule has 0 aliphatic carbocycles. The van der Waals surface area contributed by atoms with Crippen LogP contribution in [0.2, 0.25) is 5.02 Å². The Hall–Kier alpha value is -3.01. The zero-order valence-electron chi connectivity index (χ0n) is 16.9. The fourth-order valence-corrected chi connectivity index (χ4v) is 4.48. The van der Waals surface area contributed by atoms with E-state index in [2.05, 4.69) is 0 Å². The molecule has 172 valence electrons. The van der Waals surface area contributed by atoms with Crippen molar-refractivity contribution in [2.24, 2.45) is 0 Å². The van der Waals surface area contributed by atoms with Gasteiger partial charge in [0.05, 0.1) is 12.1 Å². The predicted molar refractivity (Wildman–Crippen MR) is 117 cm³/mol. The molecule has 0 amide bonds. The molecule has 1 aliphatic heterocycles. The summed E-state index contributed by atoms with van der Waals surface area (Å²) < 4.78 is 71.9. The molecule has 0 radical (unpaired) electrons. The average molecular weight is 496 g/mol. The first kappa shape index (κ1) is 23.2. The van der Waals surface area contributed by atoms with Gasteiger partial charge >= 0.3 is 6.18 Å². The van der Waals surface area contributed by atoms with Crippen molar-refractivity contribution in [1.82, 2.24) is 5.06 Å². The highest BCUT2D eigenvalue weighted by atomic mass is 35.5. The van der Waals surface area contributed by atoms with E-state index in [1.54, 1.807) is 30.3 Å². The molecular formula is C23H17ClF3NO4S. The maximum atomic E-state index is 13.1. The van der Waals surface area contributed by atoms with Gasteiger partial charge in [-0.2, -0.15) is 21.6 Å². The zero-order chi connectivity index (χ0) is 23.8. The van der Waals surface area contributed by atoms with Gasteiger partial charge in [-0.25, -0.2) is 5.06 Å². The molecule has 1 heterocycles. The van der Waals surface area contributed by atoms with Crippen molar-refractivity contribution < 1.29 is 31.0 Å². The van der Waals surface area contributed by atoms with Gasteiger partial charge in [0, 0.05) is 28.8 Å². The maximum absolute atomic E-state index is 13.1. The zero-order valence-corrected chi connectivity index (χ0v) is 18.5. The summed E-state index contributed by atoms with van der Waals surface area (Å²) in [6, 6.07) is 14.4. The van der Waals surface area contributed by atoms with Gasteiger partial charge in [0.1, 0.15) is 4.90 Å². The highest BCUT2D eigenvalue weighted by Gasteiger charge is 2.30. The van der Waals surface area contributed by atoms with Crippen molar-refractivity contribution in [2.45, 2.75) is 24.0 Å². The topological polar surface area (TPSA) is 66.8 Å². The molecule has 33 heavy (non-hydrogen) atoms. The van der Waals surface area contributed by atoms with Crippen LogP contribution in [0.25, 0.3) is 6.08 Å². The third kappa shape index (κ3) is 5.32. The molecule has 5 nitrogen and oxygen atoms in total. The van der Waals surface area contributed by atoms with Gasteiger partial charge in [-0.1, -0.05) is 41.9 Å². The summed E-state index contributed by atoms with van der Waals surface area (Å²) >= 11 is 6.11. The van der Waals surface area contributed by atoms with Crippen molar-refractivity contribution in [3.8, 4) is 5.75 Å². The van der Waals surface area contributed by atoms with Crippen molar-refractivity contribution in [2.75, 3.05) is 0 Å². The van der Waals surface area contributed by atoms with Crippen LogP contribution in [0.15, 0.2) is 71.8 Å². The predicted octanol–water partition coefficient (Wildman–Crippen LogP) is 5.98. The molecule has 0 aromatic heterocycles. The molecule has 4 rings (SSSR count). The van der Waals surface area contributed by atoms with E-state index in [1.807, 2.05) is 0 Å². The monoisotopic (exact) mass is 495 g/mol. The number of hydrogen-bond acceptors (Lipinski definition) is 4. The quantitative estimate of drug-likeness (QED) is 0.441. The summed E-state index contributed by atoms with van der Waals surface area (Å²) in [5.41, 5.74) is 1.25. The molecule has 1 aliphatic rings. The first-order valence-corrected chi connectivity index (χ1v) is 11.5. The molecule has 1 N–H and O–H groups in total. The number of hydroxylamine groups is 2. The fourth-order valence-electron chi connectivity index (χ4n) is 3.56. The molecule has 0 bridgehead atoms. The number of hydrogen-bond donors (Lipinski definition) is 1. The number of alkyl halides is 3. The van der Waals surface area contributed by atoms with Crippen LogP contribution in [-0.4, -0.2) is 18.0 Å². The average Bonchev–Trinajstić information content (AvgIpc) is 2.74. The summed E-state index contributed by atoms with van der Waals surface area (Å²) in [6.07, 6.45) is -1.28. The van der Waals surface area contributed by atoms with Gasteiger partial charge in [0.25, 0.3) is 10.1 Å². The van der Waals surface area contributed by atoms with Crippen LogP contribution in [0.1, 0.15) is 27.8 Å². The van der Waals surface area contributed by atoms with Crippen LogP contribution in [0.4, 0.5) is 13.2 Å². The van der Waals surface area contributed by atoms with E-state index in [-0.39, 0.29) is 17.9 Å². The second-order valence-electron chi connectivity index (χ2n) is 7.41. The lowest BCUT2D eigenvalue weighted by Gasteiger charge is -2.26. The van der Waals surface area contributed by atoms with Crippen molar-refractivity contribution >= 4 is 27.8 Å². The van der Waals surface area contributed by atoms with Gasteiger partial charge in [0.15, 0.2) is 5.75 Å². The Bertz CT molecular complexity index is 1340. The van der Waals surface area contributed by atoms with E-state index in [0.717, 1.165) is 12.1 Å². The van der Waals surface area contributed by atoms with Crippen molar-refractivity contribution in [3.63, 3.8) is 0 Å². The Balaban J connectivity index is 1.60. The molecule has 10 heteroatoms. The lowest BCUT2D eigenvalue weighted by atomic mass is 10.0. The normalized spacial score (nSPS) is 13.7. The van der Waals surface area contributed by atoms with E-state index in [4.69, 9.17) is 16.4 Å². The molecule has 0 atom stereocenters. The van der Waals surface area contributed by atoms with Crippen molar-refractivity contribution in [3.05, 3.63) is 99.7 Å². The van der Waals surface area contributed by atoms with Crippen LogP contribution in [0.5, 0.6) is 5.75 Å². The van der Waals surface area contributed by atoms with Crippen LogP contribution < -0.4 is 4.84 Å². The molecule has 0 unspecified atom stereocenters. The molecule has 3 aromatic rings. The molecular weight excluding hydrogens is 479 g/mol. The summed E-state index contributed by atoms with van der Waals surface area (Å²) in [5, 5.41) is 1.86. The summed E-state index contributed by atoms with van der Waals surface area (Å²) in [6.45, 7) is 0.181. The molecule has 0 spiro atoms. The minimum atomic E-state index is -4.45. The smallest absolute Gasteiger partial charge is 0.380 e. The summed E-state index contributed by atoms with van der Waals surface area (Å²) in [7, 11) is -4.39. The number of halogens is 4. The second-order valence-corrected chi connectivity index (χ2v) is 9.24. The molecule has 3 aromatic carbocycles. The number of rotatable bonds is 5. The van der Waals surface area contributed by atoms with E-state index >= 15 is 0 Å². The van der Waals surface area contributed by atoms with Crippen LogP contribution in [0, 0.1) is 0 Å². The number of fused-ring (bicyclic) bond motifs is 1. The van der Waals surface area contributed by atoms with Gasteiger partial charge in [-0.3, -0.25) is 4.55 Å². The molecule has 0 fully saturated rings. The van der Waals surface area contributed by atoms with Crippen LogP contribution in [0.3, 0.4) is 0 Å². The standard InChI is InChI=1S/C23H17ClF3NO4S/c24-19-7-8-21(17(13-19)11-15-3-1-5-18(12-15)23(25,26)27)32-28-10-9-20-16(14-28)4-2-6-22(20)33(29,30)31/h1-10,12-13H,11,14H2,(H,29,30,31). The third-order valence-electron chi connectivity index (χ3n) is 5.05. The Morgan fingerprint density at radius 2 is 1.82 bits per heavy atom. The van der Waals surface area contributed by atoms with Gasteiger partial charge in [-0.05, 0) is 47.5 Å². The number of nitrogens with zero attached hydrogens (tertiary/aromatic N) is 1. The van der Waals surface area contributed by atoms with E-state index in [9.17, 15) is 26.1 Å². The second kappa shape index (κ2) is 8.74. The van der Waals surface area contributed by atoms with Crippen LogP contribution in [-0.2, 0) is 29.3 Å². The fraction of sp³-hybridized carbons (Fsp3) is 0.130. The van der Waals surface area contributed by atoms with Gasteiger partial charge in [0.2, 0.25) is 0 Å². The lowest BCUT2D eigenvalue weighted by molar-refractivity contribution is -0.137. The SMILES string of the molecule is O=S(=O)(O)c1cccc2c1C=CN(Oc1ccc(Cl)cc1Cc1cccc(C(F)(F)F)c1)C2. The van der Waals surface area contributed by atoms with Crippen LogP contribution >= 0.6 is 11.6 Å². The Morgan fingerprint density at radius 3 is 2.55 bits per heavy atom.